The Kier molecular flexibility index (Phi) is 10.5. The third kappa shape index (κ3) is 5.16. The quantitative estimate of drug-likeness (QED) is 0.333. The minimum atomic E-state index is 0. The van der Waals surface area contributed by atoms with E-state index >= 15 is 0 Å². The summed E-state index contributed by atoms with van der Waals surface area (Å²) >= 11 is 0. The van der Waals surface area contributed by atoms with Crippen LogP contribution in [0.4, 0.5) is 0 Å². The molecule has 140 valence electrons. The fraction of sp³-hybridized carbons (Fsp3) is 0.478. The number of rotatable bonds is 4. The Morgan fingerprint density at radius 2 is 1.50 bits per heavy atom. The molecule has 2 aromatic rings. The molecular formula is C23H25BrClLiMgO. The largest absolute Gasteiger partial charge is 2.00 e. The van der Waals surface area contributed by atoms with Crippen LogP contribution in [0.1, 0.15) is 49.7 Å². The molecule has 0 aliphatic heterocycles. The van der Waals surface area contributed by atoms with Gasteiger partial charge < -0.3 is 34.1 Å². The number of ether oxygens (including phenoxy) is 1. The molecule has 2 aromatic carbocycles. The van der Waals surface area contributed by atoms with Gasteiger partial charge in [0.2, 0.25) is 0 Å². The fourth-order valence-electron chi connectivity index (χ4n) is 6.15. The third-order valence-corrected chi connectivity index (χ3v) is 6.67. The molecule has 0 unspecified atom stereocenters. The summed E-state index contributed by atoms with van der Waals surface area (Å²) in [5.41, 5.74) is 3.09. The maximum absolute atomic E-state index is 6.28. The van der Waals surface area contributed by atoms with E-state index in [1.807, 2.05) is 0 Å². The van der Waals surface area contributed by atoms with Crippen LogP contribution in [0.5, 0.6) is 5.75 Å². The van der Waals surface area contributed by atoms with Crippen molar-refractivity contribution in [3.8, 4) is 5.75 Å². The van der Waals surface area contributed by atoms with Crippen molar-refractivity contribution in [1.82, 2.24) is 0 Å². The summed E-state index contributed by atoms with van der Waals surface area (Å²) in [6.45, 7) is 0.651. The topological polar surface area (TPSA) is 9.23 Å². The van der Waals surface area contributed by atoms with Crippen molar-refractivity contribution in [3.05, 3.63) is 65.7 Å². The molecule has 0 spiro atoms. The molecule has 28 heavy (non-hydrogen) atoms. The van der Waals surface area contributed by atoms with Crippen LogP contribution < -0.4 is 53.0 Å². The van der Waals surface area contributed by atoms with Crippen LogP contribution in [0, 0.1) is 23.8 Å². The first-order valence-electron chi connectivity index (χ1n) is 9.48. The summed E-state index contributed by atoms with van der Waals surface area (Å²) in [5.74, 6) is 3.95. The van der Waals surface area contributed by atoms with Gasteiger partial charge in [0.15, 0.2) is 0 Å². The van der Waals surface area contributed by atoms with E-state index in [0.29, 0.717) is 12.0 Å². The monoisotopic (exact) mass is 462 g/mol. The van der Waals surface area contributed by atoms with Crippen molar-refractivity contribution in [3.63, 3.8) is 0 Å². The SMILES string of the molecule is [Br-].[Cl-].[Li+].[Mg+2].[c-]1ccc(C23CC4CC(CC(C4)C2)C3)c(OCc2ccccc2)c1. The van der Waals surface area contributed by atoms with Crippen LogP contribution in [0.15, 0.2) is 48.5 Å². The minimum absolute atomic E-state index is 0. The second-order valence-corrected chi connectivity index (χ2v) is 8.39. The molecule has 0 amide bonds. The molecule has 0 saturated heterocycles. The van der Waals surface area contributed by atoms with E-state index in [2.05, 4.69) is 54.6 Å². The third-order valence-electron chi connectivity index (χ3n) is 6.67. The minimum Gasteiger partial charge on any atom is -1.00 e. The van der Waals surface area contributed by atoms with Crippen LogP contribution in [-0.4, -0.2) is 23.1 Å². The first-order valence-corrected chi connectivity index (χ1v) is 9.48. The van der Waals surface area contributed by atoms with Crippen molar-refractivity contribution in [2.75, 3.05) is 0 Å². The number of hydrogen-bond donors (Lipinski definition) is 0. The Morgan fingerprint density at radius 1 is 0.929 bits per heavy atom. The van der Waals surface area contributed by atoms with Gasteiger partial charge in [0, 0.05) is 5.75 Å². The van der Waals surface area contributed by atoms with E-state index in [1.54, 1.807) is 0 Å². The van der Waals surface area contributed by atoms with Gasteiger partial charge in [-0.2, -0.15) is 18.2 Å². The Bertz CT molecular complexity index is 707. The first-order chi connectivity index (χ1) is 11.8. The average Bonchev–Trinajstić information content (AvgIpc) is 2.60. The predicted octanol–water partition coefficient (Wildman–Crippen LogP) is -3.84. The molecule has 0 heterocycles. The smallest absolute Gasteiger partial charge is 1.00 e. The van der Waals surface area contributed by atoms with Crippen molar-refractivity contribution in [1.29, 1.82) is 0 Å². The second kappa shape index (κ2) is 11.1. The molecule has 0 radical (unpaired) electrons. The second-order valence-electron chi connectivity index (χ2n) is 8.39. The molecule has 4 aliphatic rings. The van der Waals surface area contributed by atoms with Crippen molar-refractivity contribution in [2.45, 2.75) is 50.5 Å². The van der Waals surface area contributed by atoms with Gasteiger partial charge in [0.25, 0.3) is 0 Å². The van der Waals surface area contributed by atoms with Gasteiger partial charge in [0.1, 0.15) is 0 Å². The van der Waals surface area contributed by atoms with Gasteiger partial charge >= 0.3 is 41.9 Å². The molecule has 0 atom stereocenters. The maximum atomic E-state index is 6.28. The molecule has 1 nitrogen and oxygen atoms in total. The van der Waals surface area contributed by atoms with Crippen LogP contribution in [0.2, 0.25) is 0 Å². The zero-order chi connectivity index (χ0) is 16.0. The molecule has 4 bridgehead atoms. The molecule has 0 aromatic heterocycles. The molecule has 4 aliphatic carbocycles. The van der Waals surface area contributed by atoms with Crippen LogP contribution in [-0.2, 0) is 12.0 Å². The maximum Gasteiger partial charge on any atom is 2.00 e. The van der Waals surface area contributed by atoms with E-state index in [1.165, 1.54) is 49.7 Å². The van der Waals surface area contributed by atoms with E-state index in [0.717, 1.165) is 23.5 Å². The summed E-state index contributed by atoms with van der Waals surface area (Å²) in [5, 5.41) is 0. The van der Waals surface area contributed by atoms with Gasteiger partial charge in [-0.3, -0.25) is 0 Å². The number of halogens is 2. The van der Waals surface area contributed by atoms with Gasteiger partial charge in [-0.1, -0.05) is 30.3 Å². The number of hydrogen-bond acceptors (Lipinski definition) is 1. The summed E-state index contributed by atoms with van der Waals surface area (Å²) in [7, 11) is 0. The first kappa shape index (κ1) is 26.4. The molecule has 4 saturated carbocycles. The van der Waals surface area contributed by atoms with Crippen LogP contribution in [0.3, 0.4) is 0 Å². The van der Waals surface area contributed by atoms with Gasteiger partial charge in [-0.25, -0.2) is 0 Å². The molecule has 6 rings (SSSR count). The van der Waals surface area contributed by atoms with Gasteiger partial charge in [0.05, 0.1) is 6.61 Å². The van der Waals surface area contributed by atoms with E-state index in [-0.39, 0.29) is 71.3 Å². The Hall–Kier alpha value is 0.374. The van der Waals surface area contributed by atoms with E-state index < -0.39 is 0 Å². The Morgan fingerprint density at radius 3 is 2.07 bits per heavy atom. The van der Waals surface area contributed by atoms with Gasteiger partial charge in [-0.05, 0) is 67.3 Å². The van der Waals surface area contributed by atoms with Crippen molar-refractivity contribution in [2.24, 2.45) is 17.8 Å². The zero-order valence-corrected chi connectivity index (χ0v) is 20.4. The fourth-order valence-corrected chi connectivity index (χ4v) is 6.15. The standard InChI is InChI=1S/C23H25O.BrH.ClH.Li.Mg/c1-2-6-17(7-3-1)16-24-22-9-5-4-8-21(22)23-13-18-10-19(14-23)12-20(11-18)15-23;;;;/h1-4,6-9,18-20H,10-16H2;2*1H;;/q-1;;;+1;+2/p-2. The normalized spacial score (nSPS) is 28.8. The molecule has 0 N–H and O–H groups in total. The van der Waals surface area contributed by atoms with Crippen LogP contribution >= 0.6 is 0 Å². The van der Waals surface area contributed by atoms with Crippen molar-refractivity contribution >= 4 is 23.1 Å². The Balaban J connectivity index is 0.000000980. The summed E-state index contributed by atoms with van der Waals surface area (Å²) in [6.07, 6.45) is 8.59. The van der Waals surface area contributed by atoms with E-state index in [9.17, 15) is 0 Å². The summed E-state index contributed by atoms with van der Waals surface area (Å²) in [6, 6.07) is 20.2. The van der Waals surface area contributed by atoms with Gasteiger partial charge in [-0.15, -0.1) is 11.6 Å². The van der Waals surface area contributed by atoms with Crippen molar-refractivity contribution < 1.29 is 53.0 Å². The average molecular weight is 464 g/mol. The predicted molar refractivity (Wildman–Crippen MR) is 102 cm³/mol. The Labute approximate surface area is 214 Å². The molecule has 5 heteroatoms. The summed E-state index contributed by atoms with van der Waals surface area (Å²) < 4.78 is 6.28. The molecule has 4 fully saturated rings. The summed E-state index contributed by atoms with van der Waals surface area (Å²) in [4.78, 5) is 0. The van der Waals surface area contributed by atoms with Crippen LogP contribution in [0.25, 0.3) is 0 Å². The zero-order valence-electron chi connectivity index (χ0n) is 16.7. The molecular weight excluding hydrogens is 439 g/mol. The number of benzene rings is 2. The van der Waals surface area contributed by atoms with E-state index in [4.69, 9.17) is 4.74 Å².